The van der Waals surface area contributed by atoms with Crippen LogP contribution in [0.1, 0.15) is 0 Å². The number of rotatable bonds is 1. The number of phenolic OH excluding ortho intramolecular Hbond substituents is 1. The Hall–Kier alpha value is -1.67. The maximum Gasteiger partial charge on any atom is 0.139 e. The zero-order chi connectivity index (χ0) is 10.8. The molecule has 0 fully saturated rings. The lowest BCUT2D eigenvalue weighted by atomic mass is 10.1. The molecule has 0 spiro atoms. The molecule has 0 saturated carbocycles. The van der Waals surface area contributed by atoms with E-state index in [-0.39, 0.29) is 5.75 Å². The lowest BCUT2D eigenvalue weighted by molar-refractivity contribution is 0.478. The van der Waals surface area contributed by atoms with Crippen LogP contribution in [0.4, 0.5) is 5.69 Å². The Morgan fingerprint density at radius 1 is 1.00 bits per heavy atom. The van der Waals surface area contributed by atoms with Gasteiger partial charge in [0.25, 0.3) is 0 Å². The summed E-state index contributed by atoms with van der Waals surface area (Å²) in [4.78, 5) is 0. The average Bonchev–Trinajstić information content (AvgIpc) is 2.22. The van der Waals surface area contributed by atoms with Crippen LogP contribution in [-0.2, 0) is 0 Å². The molecular weight excluding hydrogens is 210 g/mol. The minimum Gasteiger partial charge on any atom is -0.506 e. The molecular formula is C12H10ClNO. The normalized spacial score (nSPS) is 10.2. The first kappa shape index (κ1) is 9.87. The number of benzene rings is 2. The highest BCUT2D eigenvalue weighted by Crippen LogP contribution is 2.28. The zero-order valence-corrected chi connectivity index (χ0v) is 8.70. The van der Waals surface area contributed by atoms with E-state index in [9.17, 15) is 5.11 Å². The first-order valence-corrected chi connectivity index (χ1v) is 4.89. The standard InChI is InChI=1S/C12H10ClNO/c13-10-3-1-2-8(6-10)9-4-5-11(14)12(15)7-9/h1-7,15H,14H2. The summed E-state index contributed by atoms with van der Waals surface area (Å²) in [5, 5.41) is 10.1. The number of nitrogen functional groups attached to an aromatic ring is 1. The molecule has 0 aliphatic heterocycles. The van der Waals surface area contributed by atoms with Gasteiger partial charge in [-0.25, -0.2) is 0 Å². The number of nitrogens with two attached hydrogens (primary N) is 1. The van der Waals surface area contributed by atoms with Gasteiger partial charge in [0.2, 0.25) is 0 Å². The Bertz CT molecular complexity index is 497. The number of halogens is 1. The summed E-state index contributed by atoms with van der Waals surface area (Å²) in [6.45, 7) is 0. The van der Waals surface area contributed by atoms with Crippen molar-refractivity contribution in [3.8, 4) is 16.9 Å². The van der Waals surface area contributed by atoms with Crippen LogP contribution in [0.25, 0.3) is 11.1 Å². The highest BCUT2D eigenvalue weighted by Gasteiger charge is 2.01. The van der Waals surface area contributed by atoms with Crippen molar-refractivity contribution in [1.29, 1.82) is 0 Å². The van der Waals surface area contributed by atoms with Gasteiger partial charge in [0.1, 0.15) is 5.75 Å². The van der Waals surface area contributed by atoms with Gasteiger partial charge in [-0.2, -0.15) is 0 Å². The molecule has 2 aromatic rings. The number of anilines is 1. The molecule has 0 aromatic heterocycles. The molecule has 0 radical (unpaired) electrons. The van der Waals surface area contributed by atoms with Crippen LogP contribution in [0, 0.1) is 0 Å². The molecule has 2 aromatic carbocycles. The van der Waals surface area contributed by atoms with E-state index in [1.807, 2.05) is 30.3 Å². The molecule has 15 heavy (non-hydrogen) atoms. The molecule has 0 aliphatic rings. The Morgan fingerprint density at radius 3 is 2.40 bits per heavy atom. The number of hydrogen-bond acceptors (Lipinski definition) is 2. The maximum absolute atomic E-state index is 9.47. The Balaban J connectivity index is 2.50. The van der Waals surface area contributed by atoms with Gasteiger partial charge in [0.15, 0.2) is 0 Å². The van der Waals surface area contributed by atoms with Gasteiger partial charge < -0.3 is 10.8 Å². The lowest BCUT2D eigenvalue weighted by Crippen LogP contribution is -1.85. The van der Waals surface area contributed by atoms with Crippen molar-refractivity contribution in [1.82, 2.24) is 0 Å². The SMILES string of the molecule is Nc1ccc(-c2cccc(Cl)c2)cc1O. The van der Waals surface area contributed by atoms with E-state index in [1.165, 1.54) is 0 Å². The van der Waals surface area contributed by atoms with Crippen LogP contribution in [-0.4, -0.2) is 5.11 Å². The third-order valence-corrected chi connectivity index (χ3v) is 2.42. The number of aromatic hydroxyl groups is 1. The van der Waals surface area contributed by atoms with E-state index in [0.29, 0.717) is 10.7 Å². The first-order chi connectivity index (χ1) is 7.16. The molecule has 0 saturated heterocycles. The molecule has 0 aliphatic carbocycles. The fourth-order valence-corrected chi connectivity index (χ4v) is 1.58. The molecule has 0 bridgehead atoms. The maximum atomic E-state index is 9.47. The van der Waals surface area contributed by atoms with Gasteiger partial charge >= 0.3 is 0 Å². The fraction of sp³-hybridized carbons (Fsp3) is 0. The Kier molecular flexibility index (Phi) is 2.52. The van der Waals surface area contributed by atoms with Crippen LogP contribution in [0.3, 0.4) is 0 Å². The predicted molar refractivity (Wildman–Crippen MR) is 63.0 cm³/mol. The van der Waals surface area contributed by atoms with E-state index in [0.717, 1.165) is 11.1 Å². The van der Waals surface area contributed by atoms with Gasteiger partial charge in [0, 0.05) is 5.02 Å². The van der Waals surface area contributed by atoms with E-state index < -0.39 is 0 Å². The van der Waals surface area contributed by atoms with Crippen molar-refractivity contribution in [2.24, 2.45) is 0 Å². The molecule has 3 N–H and O–H groups in total. The molecule has 76 valence electrons. The second-order valence-corrected chi connectivity index (χ2v) is 3.72. The molecule has 2 rings (SSSR count). The van der Waals surface area contributed by atoms with Crippen LogP contribution in [0.2, 0.25) is 5.02 Å². The van der Waals surface area contributed by atoms with Crippen molar-refractivity contribution in [3.63, 3.8) is 0 Å². The summed E-state index contributed by atoms with van der Waals surface area (Å²) < 4.78 is 0. The molecule has 0 unspecified atom stereocenters. The van der Waals surface area contributed by atoms with Crippen molar-refractivity contribution < 1.29 is 5.11 Å². The second-order valence-electron chi connectivity index (χ2n) is 3.28. The fourth-order valence-electron chi connectivity index (χ4n) is 1.39. The summed E-state index contributed by atoms with van der Waals surface area (Å²) in [5.41, 5.74) is 7.75. The summed E-state index contributed by atoms with van der Waals surface area (Å²) in [5.74, 6) is 0.0903. The Labute approximate surface area is 92.9 Å². The summed E-state index contributed by atoms with van der Waals surface area (Å²) in [6.07, 6.45) is 0. The van der Waals surface area contributed by atoms with Gasteiger partial charge in [-0.15, -0.1) is 0 Å². The zero-order valence-electron chi connectivity index (χ0n) is 7.94. The van der Waals surface area contributed by atoms with Crippen molar-refractivity contribution >= 4 is 17.3 Å². The molecule has 0 heterocycles. The van der Waals surface area contributed by atoms with Crippen molar-refractivity contribution in [2.75, 3.05) is 5.73 Å². The molecule has 0 amide bonds. The highest BCUT2D eigenvalue weighted by molar-refractivity contribution is 6.30. The first-order valence-electron chi connectivity index (χ1n) is 4.51. The monoisotopic (exact) mass is 219 g/mol. The van der Waals surface area contributed by atoms with Gasteiger partial charge in [-0.1, -0.05) is 29.8 Å². The summed E-state index contributed by atoms with van der Waals surface area (Å²) in [7, 11) is 0. The largest absolute Gasteiger partial charge is 0.506 e. The smallest absolute Gasteiger partial charge is 0.139 e. The van der Waals surface area contributed by atoms with Crippen molar-refractivity contribution in [3.05, 3.63) is 47.5 Å². The number of phenols is 1. The van der Waals surface area contributed by atoms with Crippen LogP contribution >= 0.6 is 11.6 Å². The molecule has 2 nitrogen and oxygen atoms in total. The predicted octanol–water partition coefficient (Wildman–Crippen LogP) is 3.29. The van der Waals surface area contributed by atoms with E-state index in [2.05, 4.69) is 0 Å². The van der Waals surface area contributed by atoms with Crippen molar-refractivity contribution in [2.45, 2.75) is 0 Å². The minimum atomic E-state index is 0.0903. The van der Waals surface area contributed by atoms with Gasteiger partial charge in [-0.05, 0) is 35.4 Å². The minimum absolute atomic E-state index is 0.0903. The molecule has 0 atom stereocenters. The van der Waals surface area contributed by atoms with Gasteiger partial charge in [-0.3, -0.25) is 0 Å². The average molecular weight is 220 g/mol. The van der Waals surface area contributed by atoms with Crippen LogP contribution < -0.4 is 5.73 Å². The number of hydrogen-bond donors (Lipinski definition) is 2. The molecule has 3 heteroatoms. The topological polar surface area (TPSA) is 46.2 Å². The van der Waals surface area contributed by atoms with Gasteiger partial charge in [0.05, 0.1) is 5.69 Å². The highest BCUT2D eigenvalue weighted by atomic mass is 35.5. The van der Waals surface area contributed by atoms with Crippen LogP contribution in [0.15, 0.2) is 42.5 Å². The summed E-state index contributed by atoms with van der Waals surface area (Å²) >= 11 is 5.88. The lowest BCUT2D eigenvalue weighted by Gasteiger charge is -2.04. The Morgan fingerprint density at radius 2 is 1.73 bits per heavy atom. The third kappa shape index (κ3) is 2.05. The van der Waals surface area contributed by atoms with E-state index in [1.54, 1.807) is 12.1 Å². The van der Waals surface area contributed by atoms with Crippen LogP contribution in [0.5, 0.6) is 5.75 Å². The van der Waals surface area contributed by atoms with E-state index >= 15 is 0 Å². The summed E-state index contributed by atoms with van der Waals surface area (Å²) in [6, 6.07) is 12.6. The second kappa shape index (κ2) is 3.83. The quantitative estimate of drug-likeness (QED) is 0.571. The third-order valence-electron chi connectivity index (χ3n) is 2.19. The van der Waals surface area contributed by atoms with E-state index in [4.69, 9.17) is 17.3 Å².